The van der Waals surface area contributed by atoms with Crippen molar-refractivity contribution < 1.29 is 0 Å². The van der Waals surface area contributed by atoms with Crippen LogP contribution in [0.5, 0.6) is 0 Å². The van der Waals surface area contributed by atoms with Gasteiger partial charge < -0.3 is 5.32 Å². The summed E-state index contributed by atoms with van der Waals surface area (Å²) in [5, 5.41) is 6.00. The molecule has 0 bridgehead atoms. The first-order chi connectivity index (χ1) is 10.4. The molecule has 0 aliphatic heterocycles. The van der Waals surface area contributed by atoms with E-state index in [9.17, 15) is 0 Å². The van der Waals surface area contributed by atoms with Gasteiger partial charge in [0.05, 0.1) is 0 Å². The molecule has 0 radical (unpaired) electrons. The smallest absolute Gasteiger partial charge is 0.133 e. The third-order valence-corrected chi connectivity index (χ3v) is 3.96. The van der Waals surface area contributed by atoms with Crippen molar-refractivity contribution in [2.24, 2.45) is 0 Å². The first-order valence-electron chi connectivity index (χ1n) is 7.43. The lowest BCUT2D eigenvalue weighted by molar-refractivity contribution is 0.921. The fourth-order valence-corrected chi connectivity index (χ4v) is 2.64. The van der Waals surface area contributed by atoms with E-state index in [0.29, 0.717) is 5.92 Å². The average Bonchev–Trinajstić information content (AvgIpc) is 3.38. The lowest BCUT2D eigenvalue weighted by Gasteiger charge is -2.09. The normalized spacial score (nSPS) is 14.3. The molecule has 1 aliphatic carbocycles. The first-order valence-corrected chi connectivity index (χ1v) is 7.43. The van der Waals surface area contributed by atoms with Gasteiger partial charge in [-0.25, -0.2) is 9.97 Å². The fraction of sp³-hybridized carbons (Fsp3) is 0.222. The number of rotatable bonds is 4. The minimum Gasteiger partial charge on any atom is -0.366 e. The molecule has 2 aromatic carbocycles. The van der Waals surface area contributed by atoms with Crippen LogP contribution >= 0.6 is 0 Å². The number of hydrogen-bond donors (Lipinski definition) is 1. The molecule has 104 valence electrons. The van der Waals surface area contributed by atoms with Crippen molar-refractivity contribution in [2.75, 3.05) is 5.32 Å². The van der Waals surface area contributed by atoms with E-state index in [4.69, 9.17) is 0 Å². The van der Waals surface area contributed by atoms with E-state index in [-0.39, 0.29) is 0 Å². The van der Waals surface area contributed by atoms with E-state index in [2.05, 4.69) is 57.7 Å². The molecule has 0 atom stereocenters. The molecule has 21 heavy (non-hydrogen) atoms. The topological polar surface area (TPSA) is 37.8 Å². The van der Waals surface area contributed by atoms with Gasteiger partial charge in [-0.05, 0) is 35.2 Å². The summed E-state index contributed by atoms with van der Waals surface area (Å²) in [6.45, 7) is 0.780. The lowest BCUT2D eigenvalue weighted by Crippen LogP contribution is -2.04. The van der Waals surface area contributed by atoms with Crippen LogP contribution in [0, 0.1) is 0 Å². The fourth-order valence-electron chi connectivity index (χ4n) is 2.64. The Morgan fingerprint density at radius 1 is 1.00 bits per heavy atom. The SMILES string of the molecule is c1ccc2c(CNc3ccnc(C4CC4)n3)cccc2c1. The lowest BCUT2D eigenvalue weighted by atomic mass is 10.0. The molecule has 0 unspecified atom stereocenters. The second-order valence-corrected chi connectivity index (χ2v) is 5.57. The minimum atomic E-state index is 0.587. The highest BCUT2D eigenvalue weighted by molar-refractivity contribution is 5.85. The summed E-state index contributed by atoms with van der Waals surface area (Å²) < 4.78 is 0. The van der Waals surface area contributed by atoms with Gasteiger partial charge in [0.25, 0.3) is 0 Å². The highest BCUT2D eigenvalue weighted by atomic mass is 15.0. The number of benzene rings is 2. The molecule has 1 saturated carbocycles. The van der Waals surface area contributed by atoms with Gasteiger partial charge in [-0.2, -0.15) is 0 Å². The van der Waals surface area contributed by atoms with Crippen LogP contribution in [0.15, 0.2) is 54.7 Å². The Bertz CT molecular complexity index is 773. The summed E-state index contributed by atoms with van der Waals surface area (Å²) in [6, 6.07) is 16.8. The van der Waals surface area contributed by atoms with Crippen molar-refractivity contribution in [3.8, 4) is 0 Å². The quantitative estimate of drug-likeness (QED) is 0.778. The van der Waals surface area contributed by atoms with Crippen LogP contribution in [0.3, 0.4) is 0 Å². The van der Waals surface area contributed by atoms with Crippen molar-refractivity contribution in [3.63, 3.8) is 0 Å². The largest absolute Gasteiger partial charge is 0.366 e. The number of aromatic nitrogens is 2. The summed E-state index contributed by atoms with van der Waals surface area (Å²) >= 11 is 0. The minimum absolute atomic E-state index is 0.587. The summed E-state index contributed by atoms with van der Waals surface area (Å²) in [7, 11) is 0. The molecule has 1 heterocycles. The summed E-state index contributed by atoms with van der Waals surface area (Å²) in [5.74, 6) is 2.49. The van der Waals surface area contributed by atoms with Crippen LogP contribution in [-0.2, 0) is 6.54 Å². The summed E-state index contributed by atoms with van der Waals surface area (Å²) in [4.78, 5) is 8.96. The van der Waals surface area contributed by atoms with Gasteiger partial charge >= 0.3 is 0 Å². The molecule has 1 aliphatic rings. The van der Waals surface area contributed by atoms with E-state index >= 15 is 0 Å². The van der Waals surface area contributed by atoms with E-state index in [1.165, 1.54) is 29.2 Å². The first kappa shape index (κ1) is 12.3. The monoisotopic (exact) mass is 275 g/mol. The molecule has 4 rings (SSSR count). The Morgan fingerprint density at radius 2 is 1.86 bits per heavy atom. The average molecular weight is 275 g/mol. The predicted molar refractivity (Wildman–Crippen MR) is 85.3 cm³/mol. The molecule has 0 amide bonds. The van der Waals surface area contributed by atoms with Crippen molar-refractivity contribution in [1.29, 1.82) is 0 Å². The van der Waals surface area contributed by atoms with Gasteiger partial charge in [0.2, 0.25) is 0 Å². The van der Waals surface area contributed by atoms with Gasteiger partial charge in [0.1, 0.15) is 11.6 Å². The zero-order valence-electron chi connectivity index (χ0n) is 11.8. The zero-order chi connectivity index (χ0) is 14.1. The molecule has 1 fully saturated rings. The number of fused-ring (bicyclic) bond motifs is 1. The Kier molecular flexibility index (Phi) is 3.03. The number of nitrogens with zero attached hydrogens (tertiary/aromatic N) is 2. The molecule has 3 nitrogen and oxygen atoms in total. The van der Waals surface area contributed by atoms with E-state index in [0.717, 1.165) is 18.2 Å². The number of hydrogen-bond acceptors (Lipinski definition) is 3. The Morgan fingerprint density at radius 3 is 2.76 bits per heavy atom. The van der Waals surface area contributed by atoms with Gasteiger partial charge in [0.15, 0.2) is 0 Å². The summed E-state index contributed by atoms with van der Waals surface area (Å²) in [6.07, 6.45) is 4.31. The molecule has 3 aromatic rings. The number of nitrogens with one attached hydrogen (secondary N) is 1. The van der Waals surface area contributed by atoms with Crippen LogP contribution < -0.4 is 5.32 Å². The molecule has 1 N–H and O–H groups in total. The van der Waals surface area contributed by atoms with E-state index in [1.807, 2.05) is 12.3 Å². The molecular weight excluding hydrogens is 258 g/mol. The standard InChI is InChI=1S/C18H17N3/c1-2-7-16-13(4-1)5-3-6-15(16)12-20-17-10-11-19-18(21-17)14-8-9-14/h1-7,10-11,14H,8-9,12H2,(H,19,20,21). The maximum Gasteiger partial charge on any atom is 0.133 e. The van der Waals surface area contributed by atoms with Crippen LogP contribution in [0.1, 0.15) is 30.1 Å². The number of anilines is 1. The van der Waals surface area contributed by atoms with Crippen LogP contribution in [0.4, 0.5) is 5.82 Å². The highest BCUT2D eigenvalue weighted by Gasteiger charge is 2.26. The van der Waals surface area contributed by atoms with Gasteiger partial charge in [0, 0.05) is 18.7 Å². The molecule has 0 spiro atoms. The third kappa shape index (κ3) is 2.59. The van der Waals surface area contributed by atoms with Crippen LogP contribution in [0.2, 0.25) is 0 Å². The molecular formula is C18H17N3. The Labute approximate surface area is 124 Å². The van der Waals surface area contributed by atoms with Crippen LogP contribution in [-0.4, -0.2) is 9.97 Å². The van der Waals surface area contributed by atoms with Crippen molar-refractivity contribution in [3.05, 3.63) is 66.1 Å². The maximum absolute atomic E-state index is 4.61. The Balaban J connectivity index is 1.56. The molecule has 3 heteroatoms. The van der Waals surface area contributed by atoms with Crippen molar-refractivity contribution >= 4 is 16.6 Å². The summed E-state index contributed by atoms with van der Waals surface area (Å²) in [5.41, 5.74) is 1.29. The van der Waals surface area contributed by atoms with E-state index < -0.39 is 0 Å². The van der Waals surface area contributed by atoms with Gasteiger partial charge in [-0.15, -0.1) is 0 Å². The van der Waals surface area contributed by atoms with Crippen molar-refractivity contribution in [1.82, 2.24) is 9.97 Å². The molecule has 1 aromatic heterocycles. The van der Waals surface area contributed by atoms with Crippen LogP contribution in [0.25, 0.3) is 10.8 Å². The third-order valence-electron chi connectivity index (χ3n) is 3.96. The maximum atomic E-state index is 4.61. The second kappa shape index (κ2) is 5.17. The molecule has 0 saturated heterocycles. The van der Waals surface area contributed by atoms with Crippen molar-refractivity contribution in [2.45, 2.75) is 25.3 Å². The Hall–Kier alpha value is -2.42. The highest BCUT2D eigenvalue weighted by Crippen LogP contribution is 2.38. The zero-order valence-corrected chi connectivity index (χ0v) is 11.8. The van der Waals surface area contributed by atoms with E-state index in [1.54, 1.807) is 0 Å². The second-order valence-electron chi connectivity index (χ2n) is 5.57. The van der Waals surface area contributed by atoms with Gasteiger partial charge in [-0.3, -0.25) is 0 Å². The predicted octanol–water partition coefficient (Wildman–Crippen LogP) is 4.12. The van der Waals surface area contributed by atoms with Gasteiger partial charge in [-0.1, -0.05) is 42.5 Å².